The number of rotatable bonds is 4. The summed E-state index contributed by atoms with van der Waals surface area (Å²) < 4.78 is 0. The summed E-state index contributed by atoms with van der Waals surface area (Å²) in [5.74, 6) is 0.581. The van der Waals surface area contributed by atoms with Crippen molar-refractivity contribution < 1.29 is 9.59 Å². The second-order valence-corrected chi connectivity index (χ2v) is 9.63. The zero-order valence-electron chi connectivity index (χ0n) is 16.3. The lowest BCUT2D eigenvalue weighted by Gasteiger charge is -2.39. The van der Waals surface area contributed by atoms with Crippen molar-refractivity contribution in [3.05, 3.63) is 40.9 Å². The Morgan fingerprint density at radius 2 is 1.96 bits per heavy atom. The molecule has 3 atom stereocenters. The minimum absolute atomic E-state index is 0.00365. The van der Waals surface area contributed by atoms with Gasteiger partial charge in [0.05, 0.1) is 0 Å². The first-order valence-corrected chi connectivity index (χ1v) is 10.5. The number of carbonyl (C=O) groups is 2. The Bertz CT molecular complexity index is 917. The predicted molar refractivity (Wildman–Crippen MR) is 108 cm³/mol. The maximum absolute atomic E-state index is 12.9. The molecule has 0 radical (unpaired) electrons. The molecule has 1 amide bonds. The Kier molecular flexibility index (Phi) is 4.26. The number of fused-ring (bicyclic) bond motifs is 2. The van der Waals surface area contributed by atoms with Crippen molar-refractivity contribution in [2.45, 2.75) is 53.0 Å². The molecule has 2 bridgehead atoms. The number of Topliss-reactive ketones (excluding diaryl/α,β-unsaturated/α-hetero) is 1. The van der Waals surface area contributed by atoms with Gasteiger partial charge in [-0.05, 0) is 42.9 Å². The van der Waals surface area contributed by atoms with E-state index in [0.717, 1.165) is 12.0 Å². The molecule has 142 valence electrons. The number of hydrogen-bond donors (Lipinski definition) is 1. The fourth-order valence-corrected chi connectivity index (χ4v) is 5.97. The third-order valence-corrected chi connectivity index (χ3v) is 8.25. The molecule has 0 spiro atoms. The molecule has 2 fully saturated rings. The maximum Gasteiger partial charge on any atom is 0.271 e. The highest BCUT2D eigenvalue weighted by atomic mass is 32.1. The van der Waals surface area contributed by atoms with Gasteiger partial charge in [0.2, 0.25) is 0 Å². The van der Waals surface area contributed by atoms with Gasteiger partial charge < -0.3 is 5.32 Å². The van der Waals surface area contributed by atoms with Crippen LogP contribution in [-0.4, -0.2) is 22.7 Å². The Hall–Kier alpha value is -2.01. The maximum atomic E-state index is 12.9. The summed E-state index contributed by atoms with van der Waals surface area (Å²) in [6.45, 7) is 8.56. The van der Waals surface area contributed by atoms with E-state index in [2.05, 4.69) is 31.1 Å². The fraction of sp³-hybridized carbons (Fsp3) is 0.500. The minimum atomic E-state index is -0.104. The SMILES string of the molecule is CC(=O)c1ccccc1-c1nc(C(=O)N[C@@H]2C[C@H]3CC[C@]2(C)C3(C)C)cs1. The number of carbonyl (C=O) groups excluding carboxylic acids is 2. The van der Waals surface area contributed by atoms with Crippen LogP contribution < -0.4 is 5.32 Å². The molecule has 1 aromatic carbocycles. The molecule has 2 aliphatic rings. The van der Waals surface area contributed by atoms with Crippen LogP contribution >= 0.6 is 11.3 Å². The fourth-order valence-electron chi connectivity index (χ4n) is 5.13. The molecule has 5 heteroatoms. The molecule has 4 rings (SSSR count). The van der Waals surface area contributed by atoms with Crippen LogP contribution in [0.1, 0.15) is 67.8 Å². The van der Waals surface area contributed by atoms with E-state index in [-0.39, 0.29) is 28.6 Å². The van der Waals surface area contributed by atoms with Gasteiger partial charge in [-0.15, -0.1) is 11.3 Å². The van der Waals surface area contributed by atoms with Gasteiger partial charge in [0.1, 0.15) is 10.7 Å². The lowest BCUT2D eigenvalue weighted by Crippen LogP contribution is -2.46. The Balaban J connectivity index is 1.55. The molecule has 0 unspecified atom stereocenters. The van der Waals surface area contributed by atoms with Crippen LogP contribution in [0.15, 0.2) is 29.6 Å². The van der Waals surface area contributed by atoms with Gasteiger partial charge in [-0.3, -0.25) is 9.59 Å². The molecule has 1 heterocycles. The van der Waals surface area contributed by atoms with Gasteiger partial charge in [-0.2, -0.15) is 0 Å². The van der Waals surface area contributed by atoms with Crippen molar-refractivity contribution in [3.63, 3.8) is 0 Å². The summed E-state index contributed by atoms with van der Waals surface area (Å²) in [6, 6.07) is 7.63. The second kappa shape index (κ2) is 6.26. The average Bonchev–Trinajstić information content (AvgIpc) is 3.25. The highest BCUT2D eigenvalue weighted by molar-refractivity contribution is 7.13. The van der Waals surface area contributed by atoms with E-state index in [1.54, 1.807) is 18.4 Å². The normalized spacial score (nSPS) is 28.3. The second-order valence-electron chi connectivity index (χ2n) is 8.78. The van der Waals surface area contributed by atoms with Gasteiger partial charge in [0.25, 0.3) is 5.91 Å². The molecule has 0 saturated heterocycles. The van der Waals surface area contributed by atoms with E-state index in [1.807, 2.05) is 18.2 Å². The van der Waals surface area contributed by atoms with Crippen molar-refractivity contribution in [2.24, 2.45) is 16.7 Å². The summed E-state index contributed by atoms with van der Waals surface area (Å²) >= 11 is 1.41. The number of hydrogen-bond acceptors (Lipinski definition) is 4. The van der Waals surface area contributed by atoms with Crippen molar-refractivity contribution in [1.82, 2.24) is 10.3 Å². The Morgan fingerprint density at radius 1 is 1.22 bits per heavy atom. The Labute approximate surface area is 164 Å². The number of nitrogens with one attached hydrogen (secondary N) is 1. The van der Waals surface area contributed by atoms with E-state index >= 15 is 0 Å². The monoisotopic (exact) mass is 382 g/mol. The smallest absolute Gasteiger partial charge is 0.271 e. The van der Waals surface area contributed by atoms with Crippen LogP contribution in [0.2, 0.25) is 0 Å². The van der Waals surface area contributed by atoms with E-state index < -0.39 is 0 Å². The predicted octanol–water partition coefficient (Wildman–Crippen LogP) is 4.96. The van der Waals surface area contributed by atoms with Crippen LogP contribution in [0.4, 0.5) is 0 Å². The molecule has 2 aliphatic carbocycles. The van der Waals surface area contributed by atoms with Crippen molar-refractivity contribution in [1.29, 1.82) is 0 Å². The van der Waals surface area contributed by atoms with E-state index in [1.165, 1.54) is 24.2 Å². The number of thiazole rings is 1. The van der Waals surface area contributed by atoms with Crippen LogP contribution in [0.5, 0.6) is 0 Å². The van der Waals surface area contributed by atoms with Crippen LogP contribution in [0.3, 0.4) is 0 Å². The van der Waals surface area contributed by atoms with E-state index in [9.17, 15) is 9.59 Å². The van der Waals surface area contributed by atoms with Crippen molar-refractivity contribution >= 4 is 23.0 Å². The van der Waals surface area contributed by atoms with Gasteiger partial charge in [-0.25, -0.2) is 4.98 Å². The van der Waals surface area contributed by atoms with Gasteiger partial charge in [0, 0.05) is 22.5 Å². The quantitative estimate of drug-likeness (QED) is 0.761. The Morgan fingerprint density at radius 3 is 2.59 bits per heavy atom. The van der Waals surface area contributed by atoms with Crippen LogP contribution in [0.25, 0.3) is 10.6 Å². The first-order valence-electron chi connectivity index (χ1n) is 9.61. The number of benzene rings is 1. The zero-order valence-corrected chi connectivity index (χ0v) is 17.2. The zero-order chi connectivity index (χ0) is 19.4. The average molecular weight is 383 g/mol. The molecular weight excluding hydrogens is 356 g/mol. The molecule has 4 nitrogen and oxygen atoms in total. The van der Waals surface area contributed by atoms with Gasteiger partial charge in [0.15, 0.2) is 5.78 Å². The first kappa shape index (κ1) is 18.4. The first-order chi connectivity index (χ1) is 12.7. The summed E-state index contributed by atoms with van der Waals surface area (Å²) in [6.07, 6.45) is 3.49. The third-order valence-electron chi connectivity index (χ3n) is 7.37. The molecule has 2 aromatic rings. The third kappa shape index (κ3) is 2.75. The summed E-state index contributed by atoms with van der Waals surface area (Å²) in [5, 5.41) is 5.77. The largest absolute Gasteiger partial charge is 0.347 e. The van der Waals surface area contributed by atoms with Gasteiger partial charge >= 0.3 is 0 Å². The molecular formula is C22H26N2O2S. The van der Waals surface area contributed by atoms with Gasteiger partial charge in [-0.1, -0.05) is 45.0 Å². The lowest BCUT2D eigenvalue weighted by atomic mass is 9.69. The topological polar surface area (TPSA) is 59.1 Å². The molecule has 27 heavy (non-hydrogen) atoms. The van der Waals surface area contributed by atoms with Crippen LogP contribution in [-0.2, 0) is 0 Å². The van der Waals surface area contributed by atoms with E-state index in [0.29, 0.717) is 22.2 Å². The minimum Gasteiger partial charge on any atom is -0.347 e. The molecule has 1 aromatic heterocycles. The number of aromatic nitrogens is 1. The van der Waals surface area contributed by atoms with Crippen molar-refractivity contribution in [3.8, 4) is 10.6 Å². The molecule has 2 saturated carbocycles. The lowest BCUT2D eigenvalue weighted by molar-refractivity contribution is 0.0822. The highest BCUT2D eigenvalue weighted by Gasteiger charge is 2.61. The number of amides is 1. The number of ketones is 1. The van der Waals surface area contributed by atoms with E-state index in [4.69, 9.17) is 0 Å². The molecule has 0 aliphatic heterocycles. The summed E-state index contributed by atoms with van der Waals surface area (Å²) in [7, 11) is 0. The van der Waals surface area contributed by atoms with Crippen molar-refractivity contribution in [2.75, 3.05) is 0 Å². The highest BCUT2D eigenvalue weighted by Crippen LogP contribution is 2.65. The summed E-state index contributed by atoms with van der Waals surface area (Å²) in [4.78, 5) is 29.3. The standard InChI is InChI=1S/C22H26N2O2S/c1-13(25)15-7-5-6-8-16(15)20-23-17(12-27-20)19(26)24-18-11-14-9-10-22(18,4)21(14,2)3/h5-8,12,14,18H,9-11H2,1-4H3,(H,24,26)/t14-,18-,22+/m1/s1. The number of nitrogens with zero attached hydrogens (tertiary/aromatic N) is 1. The summed E-state index contributed by atoms with van der Waals surface area (Å²) in [5.41, 5.74) is 2.28. The molecule has 1 N–H and O–H groups in total. The van der Waals surface area contributed by atoms with Crippen LogP contribution in [0, 0.1) is 16.7 Å².